The fraction of sp³-hybridized carbons (Fsp3) is 0.105. The Morgan fingerprint density at radius 1 is 0.800 bits per heavy atom. The first-order valence-corrected chi connectivity index (χ1v) is 6.90. The molecule has 1 nitrogen and oxygen atoms in total. The van der Waals surface area contributed by atoms with Crippen molar-refractivity contribution in [2.24, 2.45) is 0 Å². The smallest absolute Gasteiger partial charge is 0.163 e. The number of hydrogen-bond acceptors (Lipinski definition) is 1. The Morgan fingerprint density at radius 2 is 1.45 bits per heavy atom. The molecule has 0 heterocycles. The van der Waals surface area contributed by atoms with Crippen molar-refractivity contribution in [3.8, 4) is 0 Å². The molecule has 0 N–H and O–H groups in total. The van der Waals surface area contributed by atoms with Gasteiger partial charge in [0.25, 0.3) is 0 Å². The summed E-state index contributed by atoms with van der Waals surface area (Å²) in [6, 6.07) is 17.1. The number of allylic oxidation sites excluding steroid dienone is 1. The maximum Gasteiger partial charge on any atom is 0.163 e. The summed E-state index contributed by atoms with van der Waals surface area (Å²) in [5.41, 5.74) is 2.95. The van der Waals surface area contributed by atoms with Crippen LogP contribution >= 0.6 is 0 Å². The topological polar surface area (TPSA) is 17.1 Å². The lowest BCUT2D eigenvalue weighted by molar-refractivity contribution is -0.113. The van der Waals surface area contributed by atoms with Gasteiger partial charge in [0.2, 0.25) is 0 Å². The van der Waals surface area contributed by atoms with Crippen LogP contribution in [0.5, 0.6) is 0 Å². The van der Waals surface area contributed by atoms with Crippen molar-refractivity contribution in [3.05, 3.63) is 66.2 Å². The first-order chi connectivity index (χ1) is 9.72. The van der Waals surface area contributed by atoms with Gasteiger partial charge in [-0.25, -0.2) is 0 Å². The quantitative estimate of drug-likeness (QED) is 0.428. The number of hydrogen-bond donors (Lipinski definition) is 0. The summed E-state index contributed by atoms with van der Waals surface area (Å²) in [5.74, 6) is 0.178. The van der Waals surface area contributed by atoms with Crippen LogP contribution in [0.1, 0.15) is 17.5 Å². The Balaban J connectivity index is 2.05. The normalized spacial score (nSPS) is 14.8. The number of ketones is 1. The first-order valence-electron chi connectivity index (χ1n) is 6.90. The van der Waals surface area contributed by atoms with Crippen LogP contribution in [0.2, 0.25) is 0 Å². The average molecular weight is 258 g/mol. The van der Waals surface area contributed by atoms with E-state index >= 15 is 0 Å². The molecule has 1 aliphatic carbocycles. The zero-order chi connectivity index (χ0) is 13.7. The number of carbonyl (C=O) groups is 1. The number of aryl methyl sites for hydroxylation is 1. The van der Waals surface area contributed by atoms with Crippen LogP contribution in [0.25, 0.3) is 27.1 Å². The van der Waals surface area contributed by atoms with Gasteiger partial charge in [0.15, 0.2) is 5.78 Å². The van der Waals surface area contributed by atoms with Crippen LogP contribution in [0.4, 0.5) is 0 Å². The minimum atomic E-state index is 0.178. The second-order valence-electron chi connectivity index (χ2n) is 5.46. The molecule has 1 heteroatoms. The molecule has 20 heavy (non-hydrogen) atoms. The van der Waals surface area contributed by atoms with Gasteiger partial charge >= 0.3 is 0 Å². The molecule has 0 amide bonds. The van der Waals surface area contributed by atoms with E-state index in [0.29, 0.717) is 12.0 Å². The van der Waals surface area contributed by atoms with E-state index in [1.807, 2.05) is 0 Å². The summed E-state index contributed by atoms with van der Waals surface area (Å²) in [7, 11) is 0. The highest BCUT2D eigenvalue weighted by atomic mass is 16.1. The van der Waals surface area contributed by atoms with Crippen LogP contribution in [-0.4, -0.2) is 5.78 Å². The third-order valence-electron chi connectivity index (χ3n) is 4.21. The van der Waals surface area contributed by atoms with E-state index in [1.165, 1.54) is 27.1 Å². The van der Waals surface area contributed by atoms with Crippen LogP contribution < -0.4 is 0 Å². The zero-order valence-electron chi connectivity index (χ0n) is 11.1. The molecule has 0 bridgehead atoms. The van der Waals surface area contributed by atoms with E-state index in [-0.39, 0.29) is 5.78 Å². The van der Waals surface area contributed by atoms with Crippen molar-refractivity contribution in [2.45, 2.75) is 12.8 Å². The van der Waals surface area contributed by atoms with Crippen LogP contribution in [0, 0.1) is 0 Å². The number of rotatable bonds is 0. The maximum absolute atomic E-state index is 11.8. The van der Waals surface area contributed by atoms with Gasteiger partial charge in [0, 0.05) is 12.0 Å². The summed E-state index contributed by atoms with van der Waals surface area (Å²) < 4.78 is 0. The largest absolute Gasteiger partial charge is 0.294 e. The zero-order valence-corrected chi connectivity index (χ0v) is 11.1. The van der Waals surface area contributed by atoms with Gasteiger partial charge in [-0.1, -0.05) is 36.9 Å². The van der Waals surface area contributed by atoms with E-state index in [1.54, 1.807) is 0 Å². The number of benzene rings is 3. The van der Waals surface area contributed by atoms with E-state index < -0.39 is 0 Å². The fourth-order valence-corrected chi connectivity index (χ4v) is 3.08. The molecular formula is C19H14O. The third kappa shape index (κ3) is 1.60. The lowest BCUT2D eigenvalue weighted by atomic mass is 9.85. The minimum Gasteiger partial charge on any atom is -0.294 e. The summed E-state index contributed by atoms with van der Waals surface area (Å²) >= 11 is 0. The molecule has 0 aliphatic heterocycles. The standard InChI is InChI=1S/C19H14O/c1-12-18-11-17-9-14-5-3-2-4-13(14)8-16(17)10-15(18)6-7-19(12)20/h2-5,8-11H,1,6-7H2. The molecule has 3 aromatic carbocycles. The van der Waals surface area contributed by atoms with Gasteiger partial charge in [0.05, 0.1) is 0 Å². The molecule has 0 spiro atoms. The summed E-state index contributed by atoms with van der Waals surface area (Å²) in [6.45, 7) is 3.96. The van der Waals surface area contributed by atoms with Gasteiger partial charge in [-0.2, -0.15) is 0 Å². The number of carbonyl (C=O) groups excluding carboxylic acids is 1. The Hall–Kier alpha value is -2.41. The molecule has 4 rings (SSSR count). The van der Waals surface area contributed by atoms with Gasteiger partial charge < -0.3 is 0 Å². The first kappa shape index (κ1) is 11.4. The van der Waals surface area contributed by atoms with Crippen LogP contribution in [-0.2, 0) is 11.2 Å². The number of fused-ring (bicyclic) bond motifs is 3. The van der Waals surface area contributed by atoms with Gasteiger partial charge in [-0.3, -0.25) is 4.79 Å². The van der Waals surface area contributed by atoms with Crippen molar-refractivity contribution in [2.75, 3.05) is 0 Å². The van der Waals surface area contributed by atoms with Crippen LogP contribution in [0.15, 0.2) is 55.1 Å². The highest BCUT2D eigenvalue weighted by Gasteiger charge is 2.20. The molecule has 0 saturated heterocycles. The van der Waals surface area contributed by atoms with E-state index in [0.717, 1.165) is 12.0 Å². The van der Waals surface area contributed by atoms with Crippen molar-refractivity contribution >= 4 is 32.9 Å². The SMILES string of the molecule is C=C1C(=O)CCc2cc3cc4ccccc4cc3cc21. The molecule has 96 valence electrons. The lowest BCUT2D eigenvalue weighted by Gasteiger charge is -2.18. The number of Topliss-reactive ketones (excluding diaryl/α,β-unsaturated/α-hetero) is 1. The molecule has 0 atom stereocenters. The van der Waals surface area contributed by atoms with E-state index in [9.17, 15) is 4.79 Å². The van der Waals surface area contributed by atoms with Crippen molar-refractivity contribution in [3.63, 3.8) is 0 Å². The monoisotopic (exact) mass is 258 g/mol. The predicted octanol–water partition coefficient (Wildman–Crippen LogP) is 4.52. The Bertz CT molecular complexity index is 887. The summed E-state index contributed by atoms with van der Waals surface area (Å²) in [6.07, 6.45) is 1.42. The van der Waals surface area contributed by atoms with Gasteiger partial charge in [0.1, 0.15) is 0 Å². The van der Waals surface area contributed by atoms with Gasteiger partial charge in [-0.05, 0) is 57.3 Å². The van der Waals surface area contributed by atoms with E-state index in [4.69, 9.17) is 0 Å². The fourth-order valence-electron chi connectivity index (χ4n) is 3.08. The molecule has 0 saturated carbocycles. The predicted molar refractivity (Wildman–Crippen MR) is 83.8 cm³/mol. The van der Waals surface area contributed by atoms with E-state index in [2.05, 4.69) is 55.1 Å². The third-order valence-corrected chi connectivity index (χ3v) is 4.21. The molecular weight excluding hydrogens is 244 g/mol. The van der Waals surface area contributed by atoms with Crippen molar-refractivity contribution in [1.82, 2.24) is 0 Å². The van der Waals surface area contributed by atoms with Crippen molar-refractivity contribution < 1.29 is 4.79 Å². The second kappa shape index (κ2) is 4.04. The van der Waals surface area contributed by atoms with Gasteiger partial charge in [-0.15, -0.1) is 0 Å². The molecule has 0 unspecified atom stereocenters. The minimum absolute atomic E-state index is 0.178. The molecule has 0 aromatic heterocycles. The molecule has 0 fully saturated rings. The molecule has 1 aliphatic rings. The summed E-state index contributed by atoms with van der Waals surface area (Å²) in [5, 5.41) is 4.90. The molecule has 3 aromatic rings. The Labute approximate surface area is 117 Å². The average Bonchev–Trinajstić information content (AvgIpc) is 2.47. The highest BCUT2D eigenvalue weighted by molar-refractivity contribution is 6.22. The van der Waals surface area contributed by atoms with Crippen LogP contribution in [0.3, 0.4) is 0 Å². The Kier molecular flexibility index (Phi) is 2.31. The lowest BCUT2D eigenvalue weighted by Crippen LogP contribution is -2.11. The molecule has 0 radical (unpaired) electrons. The highest BCUT2D eigenvalue weighted by Crippen LogP contribution is 2.32. The summed E-state index contributed by atoms with van der Waals surface area (Å²) in [4.78, 5) is 11.8. The Morgan fingerprint density at radius 3 is 2.15 bits per heavy atom. The maximum atomic E-state index is 11.8. The van der Waals surface area contributed by atoms with Crippen molar-refractivity contribution in [1.29, 1.82) is 0 Å². The second-order valence-corrected chi connectivity index (χ2v) is 5.46.